The Bertz CT molecular complexity index is 738. The Balaban J connectivity index is 1.62. The van der Waals surface area contributed by atoms with Crippen molar-refractivity contribution in [3.63, 3.8) is 0 Å². The Hall–Kier alpha value is -1.99. The highest BCUT2D eigenvalue weighted by Gasteiger charge is 2.30. The molecule has 1 aliphatic heterocycles. The van der Waals surface area contributed by atoms with Crippen LogP contribution in [0.25, 0.3) is 0 Å². The second kappa shape index (κ2) is 7.27. The van der Waals surface area contributed by atoms with E-state index in [-0.39, 0.29) is 5.91 Å². The van der Waals surface area contributed by atoms with Gasteiger partial charge in [-0.3, -0.25) is 9.69 Å². The van der Waals surface area contributed by atoms with Crippen molar-refractivity contribution < 1.29 is 4.79 Å². The molecule has 7 heteroatoms. The molecule has 1 saturated heterocycles. The van der Waals surface area contributed by atoms with Gasteiger partial charge < -0.3 is 10.6 Å². The molecule has 1 amide bonds. The second-order valence-electron chi connectivity index (χ2n) is 5.99. The number of benzene rings is 1. The summed E-state index contributed by atoms with van der Waals surface area (Å²) in [7, 11) is 2.03. The molecule has 0 unspecified atom stereocenters. The third kappa shape index (κ3) is 3.73. The number of anilines is 1. The summed E-state index contributed by atoms with van der Waals surface area (Å²) in [6.45, 7) is 2.08. The molecular weight excluding hydrogens is 370 g/mol. The van der Waals surface area contributed by atoms with Gasteiger partial charge in [-0.15, -0.1) is 0 Å². The fraction of sp³-hybridized carbons (Fsp3) is 0.353. The minimum absolute atomic E-state index is 0.0681. The van der Waals surface area contributed by atoms with Crippen molar-refractivity contribution >= 4 is 27.7 Å². The second-order valence-corrected chi connectivity index (χ2v) is 6.84. The third-order valence-corrected chi connectivity index (χ3v) is 4.99. The van der Waals surface area contributed by atoms with Crippen molar-refractivity contribution in [2.24, 2.45) is 0 Å². The molecule has 24 heavy (non-hydrogen) atoms. The van der Waals surface area contributed by atoms with E-state index in [2.05, 4.69) is 30.8 Å². The van der Waals surface area contributed by atoms with E-state index in [1.807, 2.05) is 36.2 Å². The Labute approximate surface area is 149 Å². The minimum atomic E-state index is 0.0681. The van der Waals surface area contributed by atoms with Gasteiger partial charge in [0, 0.05) is 29.8 Å². The number of likely N-dealkylation sites (tertiary alicyclic amines) is 1. The molecule has 2 N–H and O–H groups in total. The molecule has 0 bridgehead atoms. The number of likely N-dealkylation sites (N-methyl/N-ethyl adjacent to an activating group) is 1. The van der Waals surface area contributed by atoms with Gasteiger partial charge in [-0.25, -0.2) is 9.97 Å². The monoisotopic (exact) mass is 389 g/mol. The number of carbonyl (C=O) groups excluding carboxylic acids is 1. The fourth-order valence-corrected chi connectivity index (χ4v) is 3.39. The van der Waals surface area contributed by atoms with Crippen LogP contribution in [0, 0.1) is 0 Å². The standard InChI is InChI=1S/C17H20BrN5O/c1-22(11-16-20-8-6-15(19)21-16)12-7-9-23(10-12)17(24)13-4-2-3-5-14(13)18/h2-6,8,12H,7,9-11H2,1H3,(H2,19,20,21)/t12-/m1/s1. The molecule has 2 heterocycles. The smallest absolute Gasteiger partial charge is 0.255 e. The summed E-state index contributed by atoms with van der Waals surface area (Å²) in [6.07, 6.45) is 2.61. The van der Waals surface area contributed by atoms with Gasteiger partial charge in [-0.05, 0) is 47.6 Å². The number of rotatable bonds is 4. The van der Waals surface area contributed by atoms with Crippen molar-refractivity contribution in [3.8, 4) is 0 Å². The largest absolute Gasteiger partial charge is 0.384 e. The average Bonchev–Trinajstić information content (AvgIpc) is 3.05. The molecule has 0 saturated carbocycles. The van der Waals surface area contributed by atoms with E-state index < -0.39 is 0 Å². The van der Waals surface area contributed by atoms with E-state index in [4.69, 9.17) is 5.73 Å². The number of nitrogens with two attached hydrogens (primary N) is 1. The van der Waals surface area contributed by atoms with Gasteiger partial charge in [0.05, 0.1) is 12.1 Å². The van der Waals surface area contributed by atoms with E-state index >= 15 is 0 Å². The fourth-order valence-electron chi connectivity index (χ4n) is 2.93. The van der Waals surface area contributed by atoms with E-state index in [0.29, 0.717) is 36.3 Å². The summed E-state index contributed by atoms with van der Waals surface area (Å²) in [5, 5.41) is 0. The van der Waals surface area contributed by atoms with Crippen LogP contribution in [0.5, 0.6) is 0 Å². The maximum Gasteiger partial charge on any atom is 0.255 e. The van der Waals surface area contributed by atoms with Crippen molar-refractivity contribution in [1.82, 2.24) is 19.8 Å². The molecule has 1 aliphatic rings. The normalized spacial score (nSPS) is 17.5. The molecule has 2 aromatic rings. The van der Waals surface area contributed by atoms with Gasteiger partial charge in [0.2, 0.25) is 0 Å². The van der Waals surface area contributed by atoms with Gasteiger partial charge in [0.25, 0.3) is 5.91 Å². The molecule has 1 aromatic carbocycles. The number of halogens is 1. The lowest BCUT2D eigenvalue weighted by Gasteiger charge is -2.24. The van der Waals surface area contributed by atoms with Gasteiger partial charge in [-0.1, -0.05) is 12.1 Å². The summed E-state index contributed by atoms with van der Waals surface area (Å²) in [4.78, 5) is 25.2. The summed E-state index contributed by atoms with van der Waals surface area (Å²) in [6, 6.07) is 9.51. The first-order chi connectivity index (χ1) is 11.5. The zero-order valence-electron chi connectivity index (χ0n) is 13.5. The Morgan fingerprint density at radius 1 is 1.42 bits per heavy atom. The minimum Gasteiger partial charge on any atom is -0.384 e. The Morgan fingerprint density at radius 3 is 2.96 bits per heavy atom. The number of hydrogen-bond donors (Lipinski definition) is 1. The highest BCUT2D eigenvalue weighted by atomic mass is 79.9. The van der Waals surface area contributed by atoms with Crippen molar-refractivity contribution in [2.45, 2.75) is 19.0 Å². The Morgan fingerprint density at radius 2 is 2.21 bits per heavy atom. The van der Waals surface area contributed by atoms with Crippen molar-refractivity contribution in [3.05, 3.63) is 52.4 Å². The van der Waals surface area contributed by atoms with Crippen LogP contribution in [0.1, 0.15) is 22.6 Å². The van der Waals surface area contributed by atoms with Gasteiger partial charge >= 0.3 is 0 Å². The Kier molecular flexibility index (Phi) is 5.11. The number of aromatic nitrogens is 2. The van der Waals surface area contributed by atoms with Crippen LogP contribution < -0.4 is 5.73 Å². The lowest BCUT2D eigenvalue weighted by atomic mass is 10.2. The molecule has 1 fully saturated rings. The maximum atomic E-state index is 12.7. The maximum absolute atomic E-state index is 12.7. The highest BCUT2D eigenvalue weighted by molar-refractivity contribution is 9.10. The number of amides is 1. The molecule has 0 radical (unpaired) electrons. The summed E-state index contributed by atoms with van der Waals surface area (Å²) >= 11 is 3.45. The molecule has 0 aliphatic carbocycles. The number of nitrogens with zero attached hydrogens (tertiary/aromatic N) is 4. The number of nitrogen functional groups attached to an aromatic ring is 1. The van der Waals surface area contributed by atoms with Crippen LogP contribution in [0.4, 0.5) is 5.82 Å². The zero-order valence-corrected chi connectivity index (χ0v) is 15.1. The molecular formula is C17H20BrN5O. The van der Waals surface area contributed by atoms with Crippen LogP contribution in [0.3, 0.4) is 0 Å². The summed E-state index contributed by atoms with van der Waals surface area (Å²) in [5.41, 5.74) is 6.41. The average molecular weight is 390 g/mol. The quantitative estimate of drug-likeness (QED) is 0.866. The van der Waals surface area contributed by atoms with Crippen LogP contribution in [-0.4, -0.2) is 51.9 Å². The van der Waals surface area contributed by atoms with Crippen molar-refractivity contribution in [1.29, 1.82) is 0 Å². The van der Waals surface area contributed by atoms with Crippen molar-refractivity contribution in [2.75, 3.05) is 25.9 Å². The molecule has 1 atom stereocenters. The van der Waals surface area contributed by atoms with Crippen LogP contribution in [-0.2, 0) is 6.54 Å². The highest BCUT2D eigenvalue weighted by Crippen LogP contribution is 2.22. The van der Waals surface area contributed by atoms with Crippen LogP contribution in [0.2, 0.25) is 0 Å². The lowest BCUT2D eigenvalue weighted by molar-refractivity contribution is 0.0778. The van der Waals surface area contributed by atoms with E-state index in [9.17, 15) is 4.79 Å². The number of hydrogen-bond acceptors (Lipinski definition) is 5. The molecule has 126 valence electrons. The van der Waals surface area contributed by atoms with E-state index in [1.54, 1.807) is 12.3 Å². The molecule has 0 spiro atoms. The first-order valence-corrected chi connectivity index (χ1v) is 8.65. The molecule has 6 nitrogen and oxygen atoms in total. The SMILES string of the molecule is CN(Cc1nccc(N)n1)[C@@H]1CCN(C(=O)c2ccccc2Br)C1. The topological polar surface area (TPSA) is 75.4 Å². The van der Waals surface area contributed by atoms with Gasteiger partial charge in [0.1, 0.15) is 11.6 Å². The predicted molar refractivity (Wildman–Crippen MR) is 96.4 cm³/mol. The first kappa shape index (κ1) is 16.9. The summed E-state index contributed by atoms with van der Waals surface area (Å²) < 4.78 is 0.833. The first-order valence-electron chi connectivity index (χ1n) is 7.86. The van der Waals surface area contributed by atoms with Gasteiger partial charge in [0.15, 0.2) is 0 Å². The number of carbonyl (C=O) groups is 1. The third-order valence-electron chi connectivity index (χ3n) is 4.30. The molecule has 3 rings (SSSR count). The lowest BCUT2D eigenvalue weighted by Crippen LogP contribution is -2.36. The van der Waals surface area contributed by atoms with E-state index in [0.717, 1.165) is 17.4 Å². The zero-order chi connectivity index (χ0) is 17.1. The van der Waals surface area contributed by atoms with Crippen LogP contribution in [0.15, 0.2) is 41.0 Å². The molecule has 1 aromatic heterocycles. The summed E-state index contributed by atoms with van der Waals surface area (Å²) in [5.74, 6) is 1.25. The van der Waals surface area contributed by atoms with Gasteiger partial charge in [-0.2, -0.15) is 0 Å². The van der Waals surface area contributed by atoms with E-state index in [1.165, 1.54) is 0 Å². The predicted octanol–water partition coefficient (Wildman–Crippen LogP) is 2.17. The van der Waals surface area contributed by atoms with Crippen LogP contribution >= 0.6 is 15.9 Å².